The van der Waals surface area contributed by atoms with Crippen LogP contribution in [0.1, 0.15) is 20.1 Å². The average molecular weight is 378 g/mol. The Kier molecular flexibility index (Phi) is 3.80. The number of benzene rings is 1. The van der Waals surface area contributed by atoms with Crippen LogP contribution >= 0.6 is 43.2 Å². The lowest BCUT2D eigenvalue weighted by molar-refractivity contribution is 0.104. The number of halogens is 3. The predicted octanol–water partition coefficient (Wildman–Crippen LogP) is 4.95. The second kappa shape index (κ2) is 5.00. The highest BCUT2D eigenvalue weighted by Gasteiger charge is 2.16. The zero-order valence-electron chi connectivity index (χ0n) is 8.76. The van der Waals surface area contributed by atoms with E-state index in [1.807, 2.05) is 13.0 Å². The first-order valence-electron chi connectivity index (χ1n) is 4.74. The Morgan fingerprint density at radius 1 is 1.24 bits per heavy atom. The second-order valence-electron chi connectivity index (χ2n) is 3.49. The monoisotopic (exact) mass is 376 g/mol. The summed E-state index contributed by atoms with van der Waals surface area (Å²) in [5.74, 6) is -0.596. The van der Waals surface area contributed by atoms with Crippen molar-refractivity contribution in [1.82, 2.24) is 0 Å². The van der Waals surface area contributed by atoms with Gasteiger partial charge in [-0.1, -0.05) is 0 Å². The number of hydrogen-bond acceptors (Lipinski definition) is 2. The molecule has 0 aliphatic heterocycles. The van der Waals surface area contributed by atoms with Crippen molar-refractivity contribution in [3.05, 3.63) is 54.3 Å². The lowest BCUT2D eigenvalue weighted by atomic mass is 10.1. The van der Waals surface area contributed by atoms with Crippen LogP contribution in [0.25, 0.3) is 0 Å². The summed E-state index contributed by atoms with van der Waals surface area (Å²) in [6.07, 6.45) is 0. The van der Waals surface area contributed by atoms with E-state index in [2.05, 4.69) is 31.9 Å². The maximum atomic E-state index is 13.4. The molecule has 2 rings (SSSR count). The molecule has 0 amide bonds. The zero-order valence-corrected chi connectivity index (χ0v) is 12.7. The third-order valence-electron chi connectivity index (χ3n) is 2.20. The van der Waals surface area contributed by atoms with Gasteiger partial charge in [-0.05, 0) is 63.0 Å². The molecule has 0 radical (unpaired) electrons. The van der Waals surface area contributed by atoms with Gasteiger partial charge >= 0.3 is 0 Å². The van der Waals surface area contributed by atoms with Crippen LogP contribution in [0.2, 0.25) is 0 Å². The number of hydrogen-bond donors (Lipinski definition) is 0. The van der Waals surface area contributed by atoms with Gasteiger partial charge in [0.15, 0.2) is 0 Å². The molecular weight excluding hydrogens is 371 g/mol. The molecule has 0 aliphatic rings. The van der Waals surface area contributed by atoms with Crippen molar-refractivity contribution >= 4 is 49.0 Å². The SMILES string of the molecule is Cc1cc(Br)c(C(=O)c2ccc(Br)c(F)c2)s1. The summed E-state index contributed by atoms with van der Waals surface area (Å²) in [6.45, 7) is 1.92. The molecule has 0 spiro atoms. The fourth-order valence-electron chi connectivity index (χ4n) is 1.41. The van der Waals surface area contributed by atoms with Gasteiger partial charge in [0.25, 0.3) is 0 Å². The highest BCUT2D eigenvalue weighted by atomic mass is 79.9. The summed E-state index contributed by atoms with van der Waals surface area (Å²) >= 11 is 7.79. The van der Waals surface area contributed by atoms with Crippen LogP contribution in [0, 0.1) is 12.7 Å². The van der Waals surface area contributed by atoms with E-state index in [0.29, 0.717) is 14.9 Å². The zero-order chi connectivity index (χ0) is 12.6. The molecule has 0 saturated heterocycles. The van der Waals surface area contributed by atoms with Gasteiger partial charge < -0.3 is 0 Å². The molecule has 0 fully saturated rings. The Hall–Kier alpha value is -0.520. The van der Waals surface area contributed by atoms with Gasteiger partial charge in [-0.3, -0.25) is 4.79 Å². The summed E-state index contributed by atoms with van der Waals surface area (Å²) in [7, 11) is 0. The van der Waals surface area contributed by atoms with E-state index in [-0.39, 0.29) is 5.78 Å². The number of carbonyl (C=O) groups excluding carboxylic acids is 1. The summed E-state index contributed by atoms with van der Waals surface area (Å²) in [4.78, 5) is 13.8. The summed E-state index contributed by atoms with van der Waals surface area (Å²) < 4.78 is 14.5. The Labute approximate surface area is 119 Å². The van der Waals surface area contributed by atoms with Crippen molar-refractivity contribution in [3.8, 4) is 0 Å². The molecule has 0 bridgehead atoms. The number of carbonyl (C=O) groups is 1. The number of ketones is 1. The van der Waals surface area contributed by atoms with Gasteiger partial charge in [0, 0.05) is 14.9 Å². The smallest absolute Gasteiger partial charge is 0.204 e. The summed E-state index contributed by atoms with van der Waals surface area (Å²) in [5.41, 5.74) is 0.355. The van der Waals surface area contributed by atoms with E-state index in [4.69, 9.17) is 0 Å². The van der Waals surface area contributed by atoms with Gasteiger partial charge in [0.1, 0.15) is 5.82 Å². The molecule has 0 saturated carbocycles. The Bertz CT molecular complexity index is 592. The molecule has 1 nitrogen and oxygen atoms in total. The van der Waals surface area contributed by atoms with Crippen LogP contribution in [-0.2, 0) is 0 Å². The van der Waals surface area contributed by atoms with Gasteiger partial charge in [-0.2, -0.15) is 0 Å². The topological polar surface area (TPSA) is 17.1 Å². The largest absolute Gasteiger partial charge is 0.288 e. The van der Waals surface area contributed by atoms with Crippen LogP contribution in [0.5, 0.6) is 0 Å². The van der Waals surface area contributed by atoms with Crippen molar-refractivity contribution in [3.63, 3.8) is 0 Å². The summed E-state index contributed by atoms with van der Waals surface area (Å²) in [6, 6.07) is 6.27. The van der Waals surface area contributed by atoms with Crippen molar-refractivity contribution in [2.24, 2.45) is 0 Å². The van der Waals surface area contributed by atoms with Crippen LogP contribution in [-0.4, -0.2) is 5.78 Å². The molecule has 0 aliphatic carbocycles. The molecule has 0 unspecified atom stereocenters. The molecule has 88 valence electrons. The molecule has 1 heterocycles. The quantitative estimate of drug-likeness (QED) is 0.676. The lowest BCUT2D eigenvalue weighted by Gasteiger charge is -2.00. The molecule has 17 heavy (non-hydrogen) atoms. The van der Waals surface area contributed by atoms with E-state index >= 15 is 0 Å². The van der Waals surface area contributed by atoms with Crippen LogP contribution < -0.4 is 0 Å². The maximum absolute atomic E-state index is 13.4. The third kappa shape index (κ3) is 2.67. The van der Waals surface area contributed by atoms with Crippen molar-refractivity contribution in [1.29, 1.82) is 0 Å². The molecule has 1 aromatic carbocycles. The minimum Gasteiger partial charge on any atom is -0.288 e. The van der Waals surface area contributed by atoms with Gasteiger partial charge in [0.05, 0.1) is 9.35 Å². The fraction of sp³-hybridized carbons (Fsp3) is 0.0833. The lowest BCUT2D eigenvalue weighted by Crippen LogP contribution is -2.00. The first-order valence-corrected chi connectivity index (χ1v) is 7.15. The first kappa shape index (κ1) is 12.9. The van der Waals surface area contributed by atoms with E-state index in [9.17, 15) is 9.18 Å². The standard InChI is InChI=1S/C12H7Br2FOS/c1-6-4-9(14)12(17-6)11(16)7-2-3-8(13)10(15)5-7/h2-5H,1H3. The number of rotatable bonds is 2. The Morgan fingerprint density at radius 3 is 2.47 bits per heavy atom. The van der Waals surface area contributed by atoms with Crippen molar-refractivity contribution in [2.75, 3.05) is 0 Å². The molecular formula is C12H7Br2FOS. The molecule has 2 aromatic rings. The van der Waals surface area contributed by atoms with E-state index < -0.39 is 5.82 Å². The highest BCUT2D eigenvalue weighted by Crippen LogP contribution is 2.29. The van der Waals surface area contributed by atoms with E-state index in [0.717, 1.165) is 9.35 Å². The number of aryl methyl sites for hydroxylation is 1. The fourth-order valence-corrected chi connectivity index (χ4v) is 3.44. The van der Waals surface area contributed by atoms with Crippen LogP contribution in [0.3, 0.4) is 0 Å². The first-order chi connectivity index (χ1) is 7.99. The van der Waals surface area contributed by atoms with Crippen molar-refractivity contribution in [2.45, 2.75) is 6.92 Å². The van der Waals surface area contributed by atoms with Crippen LogP contribution in [0.15, 0.2) is 33.2 Å². The second-order valence-corrected chi connectivity index (χ2v) is 6.46. The van der Waals surface area contributed by atoms with Gasteiger partial charge in [-0.25, -0.2) is 4.39 Å². The van der Waals surface area contributed by atoms with Crippen molar-refractivity contribution < 1.29 is 9.18 Å². The summed E-state index contributed by atoms with van der Waals surface area (Å²) in [5, 5.41) is 0. The predicted molar refractivity (Wildman–Crippen MR) is 74.3 cm³/mol. The van der Waals surface area contributed by atoms with E-state index in [1.54, 1.807) is 6.07 Å². The Balaban J connectivity index is 2.44. The molecule has 1 aromatic heterocycles. The third-order valence-corrected chi connectivity index (χ3v) is 4.78. The normalized spacial score (nSPS) is 10.6. The number of thiophene rings is 1. The van der Waals surface area contributed by atoms with E-state index in [1.165, 1.54) is 23.5 Å². The minimum absolute atomic E-state index is 0.165. The van der Waals surface area contributed by atoms with Gasteiger partial charge in [-0.15, -0.1) is 11.3 Å². The van der Waals surface area contributed by atoms with Gasteiger partial charge in [0.2, 0.25) is 5.78 Å². The Morgan fingerprint density at radius 2 is 1.94 bits per heavy atom. The highest BCUT2D eigenvalue weighted by molar-refractivity contribution is 9.10. The average Bonchev–Trinajstić information content (AvgIpc) is 2.61. The maximum Gasteiger partial charge on any atom is 0.204 e. The molecule has 0 atom stereocenters. The van der Waals surface area contributed by atoms with Crippen LogP contribution in [0.4, 0.5) is 4.39 Å². The molecule has 5 heteroatoms. The molecule has 0 N–H and O–H groups in total. The minimum atomic E-state index is -0.430.